The van der Waals surface area contributed by atoms with Crippen molar-refractivity contribution in [2.45, 2.75) is 33.2 Å². The molecular formula is C12H15N3O3. The van der Waals surface area contributed by atoms with Gasteiger partial charge in [0, 0.05) is 0 Å². The number of rotatable bonds is 5. The first-order valence-corrected chi connectivity index (χ1v) is 5.82. The quantitative estimate of drug-likeness (QED) is 0.874. The summed E-state index contributed by atoms with van der Waals surface area (Å²) in [5, 5.41) is 16.6. The molecule has 0 aromatic carbocycles. The molecule has 0 atom stereocenters. The number of furan rings is 1. The fourth-order valence-corrected chi connectivity index (χ4v) is 1.83. The van der Waals surface area contributed by atoms with Crippen LogP contribution >= 0.6 is 0 Å². The van der Waals surface area contributed by atoms with Gasteiger partial charge in [0.15, 0.2) is 5.69 Å². The standard InChI is InChI=1S/C12H15N3O3/c1-3-4-10-11(12(16)17)13-14-15(10)7-9-6-5-8(2)18-9/h5-6H,3-4,7H2,1-2H3,(H,16,17). The highest BCUT2D eigenvalue weighted by Gasteiger charge is 2.18. The molecule has 0 unspecified atom stereocenters. The number of carboxylic acid groups (broad SMARTS) is 1. The zero-order valence-electron chi connectivity index (χ0n) is 10.4. The van der Waals surface area contributed by atoms with Gasteiger partial charge in [-0.3, -0.25) is 0 Å². The second-order valence-corrected chi connectivity index (χ2v) is 4.11. The van der Waals surface area contributed by atoms with Gasteiger partial charge in [-0.1, -0.05) is 18.6 Å². The van der Waals surface area contributed by atoms with Crippen molar-refractivity contribution < 1.29 is 14.3 Å². The number of aromatic nitrogens is 3. The van der Waals surface area contributed by atoms with E-state index in [0.29, 0.717) is 18.7 Å². The Morgan fingerprint density at radius 2 is 2.28 bits per heavy atom. The summed E-state index contributed by atoms with van der Waals surface area (Å²) >= 11 is 0. The Bertz CT molecular complexity index is 557. The van der Waals surface area contributed by atoms with Crippen molar-refractivity contribution in [1.82, 2.24) is 15.0 Å². The molecule has 2 aromatic rings. The van der Waals surface area contributed by atoms with Crippen LogP contribution in [0.4, 0.5) is 0 Å². The molecule has 6 nitrogen and oxygen atoms in total. The molecule has 0 bridgehead atoms. The van der Waals surface area contributed by atoms with Crippen LogP contribution in [0, 0.1) is 6.92 Å². The highest BCUT2D eigenvalue weighted by atomic mass is 16.4. The van der Waals surface area contributed by atoms with Gasteiger partial charge >= 0.3 is 5.97 Å². The van der Waals surface area contributed by atoms with Gasteiger partial charge in [0.2, 0.25) is 0 Å². The van der Waals surface area contributed by atoms with Crippen molar-refractivity contribution in [3.05, 3.63) is 35.0 Å². The molecular weight excluding hydrogens is 234 g/mol. The molecule has 2 rings (SSSR count). The number of hydrogen-bond donors (Lipinski definition) is 1. The normalized spacial score (nSPS) is 10.8. The Morgan fingerprint density at radius 1 is 1.50 bits per heavy atom. The first kappa shape index (κ1) is 12.3. The second-order valence-electron chi connectivity index (χ2n) is 4.11. The van der Waals surface area contributed by atoms with Gasteiger partial charge < -0.3 is 9.52 Å². The van der Waals surface area contributed by atoms with Gasteiger partial charge in [-0.05, 0) is 25.5 Å². The highest BCUT2D eigenvalue weighted by Crippen LogP contribution is 2.13. The first-order valence-electron chi connectivity index (χ1n) is 5.82. The average Bonchev–Trinajstić information content (AvgIpc) is 2.88. The van der Waals surface area contributed by atoms with Crippen LogP contribution in [0.15, 0.2) is 16.5 Å². The predicted octanol–water partition coefficient (Wildman–Crippen LogP) is 1.88. The molecule has 0 aliphatic rings. The minimum absolute atomic E-state index is 0.0279. The molecule has 0 spiro atoms. The van der Waals surface area contributed by atoms with E-state index in [2.05, 4.69) is 10.3 Å². The SMILES string of the molecule is CCCc1c(C(=O)O)nnn1Cc1ccc(C)o1. The van der Waals surface area contributed by atoms with Gasteiger partial charge in [-0.2, -0.15) is 0 Å². The van der Waals surface area contributed by atoms with E-state index in [1.54, 1.807) is 4.68 Å². The van der Waals surface area contributed by atoms with Crippen molar-refractivity contribution in [3.8, 4) is 0 Å². The molecule has 2 heterocycles. The highest BCUT2D eigenvalue weighted by molar-refractivity contribution is 5.86. The smallest absolute Gasteiger partial charge is 0.358 e. The fraction of sp³-hybridized carbons (Fsp3) is 0.417. The molecule has 6 heteroatoms. The average molecular weight is 249 g/mol. The maximum Gasteiger partial charge on any atom is 0.358 e. The molecule has 0 amide bonds. The minimum Gasteiger partial charge on any atom is -0.476 e. The van der Waals surface area contributed by atoms with E-state index in [9.17, 15) is 4.79 Å². The second kappa shape index (κ2) is 5.03. The van der Waals surface area contributed by atoms with Crippen LogP contribution in [-0.2, 0) is 13.0 Å². The number of carboxylic acids is 1. The molecule has 0 saturated heterocycles. The van der Waals surface area contributed by atoms with Crippen LogP contribution in [0.3, 0.4) is 0 Å². The van der Waals surface area contributed by atoms with Gasteiger partial charge in [0.05, 0.1) is 5.69 Å². The molecule has 0 aliphatic heterocycles. The maximum absolute atomic E-state index is 11.0. The maximum atomic E-state index is 11.0. The van der Waals surface area contributed by atoms with E-state index in [4.69, 9.17) is 9.52 Å². The van der Waals surface area contributed by atoms with Gasteiger partial charge in [0.25, 0.3) is 0 Å². The molecule has 0 fully saturated rings. The number of hydrogen-bond acceptors (Lipinski definition) is 4. The predicted molar refractivity (Wildman–Crippen MR) is 63.5 cm³/mol. The first-order chi connectivity index (χ1) is 8.61. The topological polar surface area (TPSA) is 81.1 Å². The lowest BCUT2D eigenvalue weighted by atomic mass is 10.2. The summed E-state index contributed by atoms with van der Waals surface area (Å²) < 4.78 is 7.04. The molecule has 0 aliphatic carbocycles. The number of aromatic carboxylic acids is 1. The van der Waals surface area contributed by atoms with Crippen LogP contribution in [0.25, 0.3) is 0 Å². The molecule has 96 valence electrons. The van der Waals surface area contributed by atoms with Crippen LogP contribution in [0.1, 0.15) is 41.0 Å². The van der Waals surface area contributed by atoms with Crippen LogP contribution in [0.2, 0.25) is 0 Å². The molecule has 0 radical (unpaired) electrons. The van der Waals surface area contributed by atoms with Gasteiger partial charge in [-0.25, -0.2) is 9.48 Å². The lowest BCUT2D eigenvalue weighted by molar-refractivity contribution is 0.0689. The largest absolute Gasteiger partial charge is 0.476 e. The molecule has 2 aromatic heterocycles. The van der Waals surface area contributed by atoms with Crippen LogP contribution < -0.4 is 0 Å². The lowest BCUT2D eigenvalue weighted by Crippen LogP contribution is -2.09. The zero-order valence-corrected chi connectivity index (χ0v) is 10.4. The molecule has 1 N–H and O–H groups in total. The van der Waals surface area contributed by atoms with Crippen molar-refractivity contribution in [2.75, 3.05) is 0 Å². The Labute approximate surface area is 104 Å². The zero-order chi connectivity index (χ0) is 13.1. The summed E-state index contributed by atoms with van der Waals surface area (Å²) in [4.78, 5) is 11.0. The number of carbonyl (C=O) groups is 1. The van der Waals surface area contributed by atoms with Crippen molar-refractivity contribution >= 4 is 5.97 Å². The summed E-state index contributed by atoms with van der Waals surface area (Å²) in [5.74, 6) is 0.521. The summed E-state index contributed by atoms with van der Waals surface area (Å²) in [6.07, 6.45) is 1.47. The third kappa shape index (κ3) is 2.42. The lowest BCUT2D eigenvalue weighted by Gasteiger charge is -2.03. The Kier molecular flexibility index (Phi) is 3.45. The van der Waals surface area contributed by atoms with E-state index in [1.807, 2.05) is 26.0 Å². The monoisotopic (exact) mass is 249 g/mol. The van der Waals surface area contributed by atoms with Crippen LogP contribution in [0.5, 0.6) is 0 Å². The minimum atomic E-state index is -1.04. The van der Waals surface area contributed by atoms with E-state index in [0.717, 1.165) is 17.9 Å². The Morgan fingerprint density at radius 3 is 2.83 bits per heavy atom. The number of aryl methyl sites for hydroxylation is 1. The van der Waals surface area contributed by atoms with E-state index >= 15 is 0 Å². The summed E-state index contributed by atoms with van der Waals surface area (Å²) in [5.41, 5.74) is 0.666. The van der Waals surface area contributed by atoms with Gasteiger partial charge in [0.1, 0.15) is 18.1 Å². The Hall–Kier alpha value is -2.11. The Balaban J connectivity index is 2.29. The summed E-state index contributed by atoms with van der Waals surface area (Å²) in [6, 6.07) is 3.72. The van der Waals surface area contributed by atoms with Gasteiger partial charge in [-0.15, -0.1) is 5.10 Å². The molecule has 0 saturated carbocycles. The fourth-order valence-electron chi connectivity index (χ4n) is 1.83. The van der Waals surface area contributed by atoms with E-state index in [1.165, 1.54) is 0 Å². The summed E-state index contributed by atoms with van der Waals surface area (Å²) in [7, 11) is 0. The molecule has 18 heavy (non-hydrogen) atoms. The van der Waals surface area contributed by atoms with E-state index in [-0.39, 0.29) is 5.69 Å². The third-order valence-electron chi connectivity index (χ3n) is 2.63. The van der Waals surface area contributed by atoms with Crippen molar-refractivity contribution in [1.29, 1.82) is 0 Å². The number of nitrogens with zero attached hydrogens (tertiary/aromatic N) is 3. The third-order valence-corrected chi connectivity index (χ3v) is 2.63. The van der Waals surface area contributed by atoms with E-state index < -0.39 is 5.97 Å². The van der Waals surface area contributed by atoms with Crippen LogP contribution in [-0.4, -0.2) is 26.1 Å². The summed E-state index contributed by atoms with van der Waals surface area (Å²) in [6.45, 7) is 4.25. The van der Waals surface area contributed by atoms with Crippen molar-refractivity contribution in [3.63, 3.8) is 0 Å². The van der Waals surface area contributed by atoms with Crippen molar-refractivity contribution in [2.24, 2.45) is 0 Å².